The number of allylic oxidation sites excluding steroid dienone is 1. The summed E-state index contributed by atoms with van der Waals surface area (Å²) in [5.41, 5.74) is 0. The van der Waals surface area contributed by atoms with Gasteiger partial charge in [-0.3, -0.25) is 9.59 Å². The standard InChI is InChI=1S/C66H128N2O7/c1-3-5-7-9-11-13-15-17-18-19-20-21-22-23-24-25-26-28-30-32-40-48-62-75-66(73)53-43-35-38-46-55-67(54-45-37-34-42-52-65(71)72)57-49-58-68(59-50-60-69)56-44-36-33-41-51-64(63-70)74-61-47-39-31-29-27-16-14-12-10-8-6-4-2/h69H,3-62H2,1-2H3,(H,71,72). The number of hydrogen-bond acceptors (Lipinski definition) is 8. The second kappa shape index (κ2) is 62.9. The van der Waals surface area contributed by atoms with Crippen molar-refractivity contribution in [1.29, 1.82) is 0 Å². The van der Waals surface area contributed by atoms with E-state index in [9.17, 15) is 19.5 Å². The zero-order chi connectivity index (χ0) is 54.4. The van der Waals surface area contributed by atoms with Crippen molar-refractivity contribution < 1.29 is 34.1 Å². The van der Waals surface area contributed by atoms with E-state index in [1.54, 1.807) is 0 Å². The minimum absolute atomic E-state index is 0.0389. The quantitative estimate of drug-likeness (QED) is 0.0266. The molecule has 0 saturated heterocycles. The third kappa shape index (κ3) is 59.6. The normalized spacial score (nSPS) is 11.5. The van der Waals surface area contributed by atoms with Gasteiger partial charge in [-0.15, -0.1) is 0 Å². The summed E-state index contributed by atoms with van der Waals surface area (Å²) in [6.07, 6.45) is 61.6. The molecule has 0 fully saturated rings. The third-order valence-electron chi connectivity index (χ3n) is 15.6. The summed E-state index contributed by atoms with van der Waals surface area (Å²) in [5, 5.41) is 18.6. The maximum Gasteiger partial charge on any atom is 0.305 e. The predicted molar refractivity (Wildman–Crippen MR) is 321 cm³/mol. The maximum atomic E-state index is 12.4. The van der Waals surface area contributed by atoms with Crippen LogP contribution in [0.1, 0.15) is 341 Å². The molecule has 0 aromatic carbocycles. The van der Waals surface area contributed by atoms with Gasteiger partial charge in [0.1, 0.15) is 0 Å². The van der Waals surface area contributed by atoms with E-state index in [-0.39, 0.29) is 19.0 Å². The number of aliphatic hydroxyl groups excluding tert-OH is 1. The molecule has 0 rings (SSSR count). The van der Waals surface area contributed by atoms with Crippen LogP contribution in [-0.4, -0.2) is 97.0 Å². The first-order valence-electron chi connectivity index (χ1n) is 33.3. The lowest BCUT2D eigenvalue weighted by Gasteiger charge is -2.26. The number of carboxylic acids is 1. The van der Waals surface area contributed by atoms with Crippen LogP contribution in [0.4, 0.5) is 0 Å². The molecular weight excluding hydrogens is 933 g/mol. The molecule has 9 heteroatoms. The molecule has 0 radical (unpaired) electrons. The summed E-state index contributed by atoms with van der Waals surface area (Å²) in [6.45, 7) is 12.1. The van der Waals surface area contributed by atoms with Crippen LogP contribution < -0.4 is 0 Å². The van der Waals surface area contributed by atoms with Gasteiger partial charge >= 0.3 is 11.9 Å². The average Bonchev–Trinajstić information content (AvgIpc) is 3.41. The first kappa shape index (κ1) is 73.1. The Hall–Kier alpha value is -1.93. The number of nitrogens with zero attached hydrogens (tertiary/aromatic N) is 2. The molecule has 0 aromatic rings. The highest BCUT2D eigenvalue weighted by molar-refractivity contribution is 5.69. The van der Waals surface area contributed by atoms with E-state index in [0.29, 0.717) is 31.8 Å². The van der Waals surface area contributed by atoms with Gasteiger partial charge in [0, 0.05) is 32.4 Å². The molecule has 0 spiro atoms. The molecule has 0 saturated carbocycles. The summed E-state index contributed by atoms with van der Waals surface area (Å²) >= 11 is 0. The van der Waals surface area contributed by atoms with E-state index in [1.165, 1.54) is 199 Å². The Kier molecular flexibility index (Phi) is 61.3. The number of rotatable bonds is 65. The summed E-state index contributed by atoms with van der Waals surface area (Å²) < 4.78 is 11.4. The number of carbonyl (C=O) groups is 2. The zero-order valence-electron chi connectivity index (χ0n) is 50.3. The SMILES string of the molecule is CCCCCCCCCCCCCCCCCCCCCCCCOC(=O)CCCCCCN(CCCCCCC(=O)O)CCCN(CCCO)CCCCCCC(=C=O)OCCCCCCCCCCCCCC. The molecule has 2 N–H and O–H groups in total. The average molecular weight is 1060 g/mol. The first-order valence-corrected chi connectivity index (χ1v) is 33.3. The fourth-order valence-corrected chi connectivity index (χ4v) is 10.6. The Bertz CT molecular complexity index is 1210. The fourth-order valence-electron chi connectivity index (χ4n) is 10.6. The molecule has 0 aromatic heterocycles. The largest absolute Gasteiger partial charge is 0.487 e. The van der Waals surface area contributed by atoms with Gasteiger partial charge in [0.25, 0.3) is 0 Å². The molecule has 0 atom stereocenters. The maximum absolute atomic E-state index is 12.4. The van der Waals surface area contributed by atoms with Crippen LogP contribution in [0.3, 0.4) is 0 Å². The lowest BCUT2D eigenvalue weighted by atomic mass is 10.0. The number of aliphatic carboxylic acids is 1. The lowest BCUT2D eigenvalue weighted by molar-refractivity contribution is -0.144. The van der Waals surface area contributed by atoms with Crippen LogP contribution in [0.2, 0.25) is 0 Å². The number of unbranched alkanes of at least 4 members (excludes halogenated alkanes) is 41. The highest BCUT2D eigenvalue weighted by Crippen LogP contribution is 2.18. The Morgan fingerprint density at radius 2 is 0.613 bits per heavy atom. The van der Waals surface area contributed by atoms with Gasteiger partial charge in [0.05, 0.1) is 13.2 Å². The van der Waals surface area contributed by atoms with Gasteiger partial charge in [0.2, 0.25) is 0 Å². The summed E-state index contributed by atoms with van der Waals surface area (Å²) in [6, 6.07) is 0. The number of esters is 1. The second-order valence-electron chi connectivity index (χ2n) is 22.9. The predicted octanol–water partition coefficient (Wildman–Crippen LogP) is 18.9. The van der Waals surface area contributed by atoms with Crippen molar-refractivity contribution in [2.45, 2.75) is 341 Å². The van der Waals surface area contributed by atoms with Gasteiger partial charge < -0.3 is 29.5 Å². The molecule has 0 aliphatic heterocycles. The van der Waals surface area contributed by atoms with Crippen molar-refractivity contribution >= 4 is 17.9 Å². The monoisotopic (exact) mass is 1060 g/mol. The van der Waals surface area contributed by atoms with Crippen molar-refractivity contribution in [2.75, 3.05) is 59.1 Å². The van der Waals surface area contributed by atoms with Crippen LogP contribution in [-0.2, 0) is 23.9 Å². The Morgan fingerprint density at radius 3 is 0.960 bits per heavy atom. The molecule has 0 amide bonds. The van der Waals surface area contributed by atoms with Gasteiger partial charge in [-0.1, -0.05) is 258 Å². The molecule has 0 unspecified atom stereocenters. The lowest BCUT2D eigenvalue weighted by Crippen LogP contribution is -2.33. The van der Waals surface area contributed by atoms with Crippen LogP contribution in [0.25, 0.3) is 0 Å². The molecule has 9 nitrogen and oxygen atoms in total. The Balaban J connectivity index is 4.13. The van der Waals surface area contributed by atoms with Gasteiger partial charge in [-0.2, -0.15) is 0 Å². The van der Waals surface area contributed by atoms with E-state index in [0.717, 1.165) is 148 Å². The van der Waals surface area contributed by atoms with Crippen LogP contribution >= 0.6 is 0 Å². The Labute approximate surface area is 466 Å². The molecule has 0 aliphatic carbocycles. The highest BCUT2D eigenvalue weighted by atomic mass is 16.5. The van der Waals surface area contributed by atoms with E-state index >= 15 is 0 Å². The van der Waals surface area contributed by atoms with Crippen LogP contribution in [0.15, 0.2) is 5.76 Å². The van der Waals surface area contributed by atoms with Crippen molar-refractivity contribution in [2.24, 2.45) is 0 Å². The fraction of sp³-hybridized carbons (Fsp3) is 0.939. The first-order chi connectivity index (χ1) is 37.0. The summed E-state index contributed by atoms with van der Waals surface area (Å²) in [7, 11) is 0. The molecule has 75 heavy (non-hydrogen) atoms. The summed E-state index contributed by atoms with van der Waals surface area (Å²) in [5.74, 6) is 1.80. The Morgan fingerprint density at radius 1 is 0.333 bits per heavy atom. The van der Waals surface area contributed by atoms with Crippen LogP contribution in [0.5, 0.6) is 0 Å². The molecule has 444 valence electrons. The second-order valence-corrected chi connectivity index (χ2v) is 22.9. The topological polar surface area (TPSA) is 117 Å². The molecule has 0 heterocycles. The van der Waals surface area contributed by atoms with E-state index in [4.69, 9.17) is 14.6 Å². The van der Waals surface area contributed by atoms with Crippen molar-refractivity contribution in [3.8, 4) is 0 Å². The van der Waals surface area contributed by atoms with E-state index < -0.39 is 5.97 Å². The van der Waals surface area contributed by atoms with Gasteiger partial charge in [-0.05, 0) is 96.9 Å². The van der Waals surface area contributed by atoms with Gasteiger partial charge in [0.15, 0.2) is 11.7 Å². The number of carboxylic acid groups (broad SMARTS) is 1. The smallest absolute Gasteiger partial charge is 0.305 e. The third-order valence-corrected chi connectivity index (χ3v) is 15.6. The number of carbonyl (C=O) groups excluding carboxylic acids is 2. The molecular formula is C66H128N2O7. The van der Waals surface area contributed by atoms with E-state index in [1.807, 2.05) is 0 Å². The minimum Gasteiger partial charge on any atom is -0.487 e. The van der Waals surface area contributed by atoms with Crippen molar-refractivity contribution in [3.63, 3.8) is 0 Å². The molecule has 0 aliphatic rings. The summed E-state index contributed by atoms with van der Waals surface area (Å²) in [4.78, 5) is 40.0. The number of aliphatic hydroxyl groups is 1. The van der Waals surface area contributed by atoms with Gasteiger partial charge in [-0.25, -0.2) is 4.79 Å². The highest BCUT2D eigenvalue weighted by Gasteiger charge is 2.11. The number of ether oxygens (including phenoxy) is 2. The minimum atomic E-state index is -0.707. The van der Waals surface area contributed by atoms with E-state index in [2.05, 4.69) is 29.6 Å². The van der Waals surface area contributed by atoms with Crippen molar-refractivity contribution in [1.82, 2.24) is 9.80 Å². The zero-order valence-corrected chi connectivity index (χ0v) is 50.3. The number of hydrogen-bond donors (Lipinski definition) is 2. The van der Waals surface area contributed by atoms with Crippen LogP contribution in [0, 0.1) is 0 Å². The molecule has 0 bridgehead atoms. The van der Waals surface area contributed by atoms with Crippen molar-refractivity contribution in [3.05, 3.63) is 5.76 Å².